The lowest BCUT2D eigenvalue weighted by atomic mass is 10.1. The van der Waals surface area contributed by atoms with Gasteiger partial charge in [0.25, 0.3) is 5.91 Å². The highest BCUT2D eigenvalue weighted by Gasteiger charge is 2.18. The first-order valence-electron chi connectivity index (χ1n) is 4.43. The predicted molar refractivity (Wildman–Crippen MR) is 70.8 cm³/mol. The van der Waals surface area contributed by atoms with Crippen molar-refractivity contribution in [1.82, 2.24) is 0 Å². The number of halogens is 2. The third-order valence-electron chi connectivity index (χ3n) is 2.18. The molecule has 0 spiro atoms. The number of amides is 1. The van der Waals surface area contributed by atoms with Crippen LogP contribution in [0.3, 0.4) is 0 Å². The Morgan fingerprint density at radius 1 is 1.29 bits per heavy atom. The number of nitrogen functional groups attached to an aromatic ring is 1. The lowest BCUT2D eigenvalue weighted by molar-refractivity contribution is 0.0999. The molecular weight excluding hydrogens is 356 g/mol. The van der Waals surface area contributed by atoms with Gasteiger partial charge < -0.3 is 15.9 Å². The number of fused-ring (bicyclic) bond motifs is 1. The number of hydrogen-bond acceptors (Lipinski definition) is 4. The molecule has 0 saturated carbocycles. The van der Waals surface area contributed by atoms with Crippen LogP contribution in [0.1, 0.15) is 10.4 Å². The Balaban J connectivity index is 3.03. The van der Waals surface area contributed by atoms with E-state index in [4.69, 9.17) is 15.9 Å². The van der Waals surface area contributed by atoms with Crippen molar-refractivity contribution in [2.45, 2.75) is 0 Å². The first-order chi connectivity index (χ1) is 7.91. The third-order valence-corrected chi connectivity index (χ3v) is 3.23. The van der Waals surface area contributed by atoms with Crippen LogP contribution in [-0.4, -0.2) is 5.91 Å². The summed E-state index contributed by atoms with van der Waals surface area (Å²) in [6.07, 6.45) is 0. The van der Waals surface area contributed by atoms with Gasteiger partial charge in [-0.2, -0.15) is 0 Å². The van der Waals surface area contributed by atoms with Gasteiger partial charge in [0, 0.05) is 4.47 Å². The van der Waals surface area contributed by atoms with E-state index < -0.39 is 11.3 Å². The molecule has 0 saturated heterocycles. The standard InChI is InChI=1S/C10H6Br2N2O3/c11-3-1-4-7(15)6(9(13)16)10(14)17-8(4)5(12)2-3/h1-2H,14H2,(H2,13,16). The summed E-state index contributed by atoms with van der Waals surface area (Å²) in [5, 5.41) is 0.231. The van der Waals surface area contributed by atoms with Gasteiger partial charge in [0.1, 0.15) is 5.56 Å². The molecule has 4 N–H and O–H groups in total. The van der Waals surface area contributed by atoms with Gasteiger partial charge in [-0.05, 0) is 28.1 Å². The Kier molecular flexibility index (Phi) is 2.96. The maximum Gasteiger partial charge on any atom is 0.258 e. The van der Waals surface area contributed by atoms with Gasteiger partial charge in [0.15, 0.2) is 5.58 Å². The van der Waals surface area contributed by atoms with Crippen LogP contribution in [0.2, 0.25) is 0 Å². The van der Waals surface area contributed by atoms with Crippen LogP contribution in [0.4, 0.5) is 5.88 Å². The highest BCUT2D eigenvalue weighted by Crippen LogP contribution is 2.28. The SMILES string of the molecule is NC(=O)c1c(N)oc2c(Br)cc(Br)cc2c1=O. The fourth-order valence-corrected chi connectivity index (χ4v) is 2.78. The number of benzene rings is 1. The van der Waals surface area contributed by atoms with Gasteiger partial charge in [0.2, 0.25) is 11.3 Å². The average molecular weight is 362 g/mol. The van der Waals surface area contributed by atoms with Crippen LogP contribution in [-0.2, 0) is 0 Å². The van der Waals surface area contributed by atoms with Crippen molar-refractivity contribution in [3.63, 3.8) is 0 Å². The Bertz CT molecular complexity index is 694. The minimum atomic E-state index is -0.908. The number of carbonyl (C=O) groups is 1. The lowest BCUT2D eigenvalue weighted by Crippen LogP contribution is -2.23. The van der Waals surface area contributed by atoms with Crippen molar-refractivity contribution in [1.29, 1.82) is 0 Å². The topological polar surface area (TPSA) is 99.3 Å². The Labute approximate surface area is 112 Å². The zero-order valence-corrected chi connectivity index (χ0v) is 11.5. The van der Waals surface area contributed by atoms with E-state index in [-0.39, 0.29) is 22.4 Å². The van der Waals surface area contributed by atoms with Crippen LogP contribution in [0.15, 0.2) is 30.3 Å². The molecule has 17 heavy (non-hydrogen) atoms. The lowest BCUT2D eigenvalue weighted by Gasteiger charge is -2.05. The minimum Gasteiger partial charge on any atom is -0.439 e. The number of nitrogens with two attached hydrogens (primary N) is 2. The first-order valence-corrected chi connectivity index (χ1v) is 6.01. The summed E-state index contributed by atoms with van der Waals surface area (Å²) in [4.78, 5) is 23.1. The number of hydrogen-bond donors (Lipinski definition) is 2. The highest BCUT2D eigenvalue weighted by molar-refractivity contribution is 9.11. The molecule has 88 valence electrons. The van der Waals surface area contributed by atoms with Gasteiger partial charge in [0.05, 0.1) is 9.86 Å². The molecule has 0 aliphatic heterocycles. The zero-order chi connectivity index (χ0) is 12.7. The second-order valence-electron chi connectivity index (χ2n) is 3.30. The monoisotopic (exact) mass is 360 g/mol. The molecule has 5 nitrogen and oxygen atoms in total. The van der Waals surface area contributed by atoms with Crippen molar-refractivity contribution in [2.75, 3.05) is 5.73 Å². The number of rotatable bonds is 1. The van der Waals surface area contributed by atoms with E-state index in [9.17, 15) is 9.59 Å². The molecule has 0 atom stereocenters. The maximum absolute atomic E-state index is 12.0. The summed E-state index contributed by atoms with van der Waals surface area (Å²) < 4.78 is 6.46. The van der Waals surface area contributed by atoms with Gasteiger partial charge >= 0.3 is 0 Å². The summed E-state index contributed by atoms with van der Waals surface area (Å²) in [6, 6.07) is 3.24. The van der Waals surface area contributed by atoms with Crippen LogP contribution in [0.25, 0.3) is 11.0 Å². The molecule has 0 radical (unpaired) electrons. The van der Waals surface area contributed by atoms with Crippen LogP contribution in [0.5, 0.6) is 0 Å². The molecule has 0 unspecified atom stereocenters. The zero-order valence-electron chi connectivity index (χ0n) is 8.29. The Hall–Kier alpha value is -1.34. The average Bonchev–Trinajstić information content (AvgIpc) is 2.19. The van der Waals surface area contributed by atoms with Crippen LogP contribution < -0.4 is 16.9 Å². The van der Waals surface area contributed by atoms with Crippen LogP contribution in [0, 0.1) is 0 Å². The van der Waals surface area contributed by atoms with Crippen LogP contribution >= 0.6 is 31.9 Å². The van der Waals surface area contributed by atoms with Crippen molar-refractivity contribution >= 4 is 54.6 Å². The van der Waals surface area contributed by atoms with Gasteiger partial charge in [-0.25, -0.2) is 0 Å². The van der Waals surface area contributed by atoms with Gasteiger partial charge in [-0.3, -0.25) is 9.59 Å². The summed E-state index contributed by atoms with van der Waals surface area (Å²) >= 11 is 6.48. The van der Waals surface area contributed by atoms with E-state index in [1.165, 1.54) is 6.07 Å². The fraction of sp³-hybridized carbons (Fsp3) is 0. The van der Waals surface area contributed by atoms with Gasteiger partial charge in [-0.15, -0.1) is 0 Å². The fourth-order valence-electron chi connectivity index (χ4n) is 1.47. The summed E-state index contributed by atoms with van der Waals surface area (Å²) in [5.74, 6) is -1.19. The molecule has 1 amide bonds. The first kappa shape index (κ1) is 12.1. The Morgan fingerprint density at radius 3 is 2.53 bits per heavy atom. The molecule has 7 heteroatoms. The second-order valence-corrected chi connectivity index (χ2v) is 5.07. The summed E-state index contributed by atoms with van der Waals surface area (Å²) in [7, 11) is 0. The minimum absolute atomic E-state index is 0.231. The van der Waals surface area contributed by atoms with E-state index in [0.717, 1.165) is 0 Å². The van der Waals surface area contributed by atoms with Gasteiger partial charge in [-0.1, -0.05) is 15.9 Å². The smallest absolute Gasteiger partial charge is 0.258 e. The molecule has 1 aromatic carbocycles. The summed E-state index contributed by atoms with van der Waals surface area (Å²) in [6.45, 7) is 0. The second kappa shape index (κ2) is 4.15. The molecule has 1 heterocycles. The Morgan fingerprint density at radius 2 is 1.94 bits per heavy atom. The normalized spacial score (nSPS) is 10.7. The van der Waals surface area contributed by atoms with E-state index in [1.807, 2.05) is 0 Å². The largest absolute Gasteiger partial charge is 0.439 e. The number of carbonyl (C=O) groups excluding carboxylic acids is 1. The predicted octanol–water partition coefficient (Wildman–Crippen LogP) is 2.00. The molecule has 0 fully saturated rings. The quantitative estimate of drug-likeness (QED) is 0.811. The molecule has 2 aromatic rings. The number of anilines is 1. The van der Waals surface area contributed by atoms with E-state index in [0.29, 0.717) is 8.95 Å². The molecule has 0 aliphatic carbocycles. The van der Waals surface area contributed by atoms with E-state index >= 15 is 0 Å². The molecular formula is C10H6Br2N2O3. The van der Waals surface area contributed by atoms with E-state index in [1.54, 1.807) is 6.07 Å². The van der Waals surface area contributed by atoms with E-state index in [2.05, 4.69) is 31.9 Å². The van der Waals surface area contributed by atoms with Crippen molar-refractivity contribution < 1.29 is 9.21 Å². The molecule has 2 rings (SSSR count). The maximum atomic E-state index is 12.0. The third kappa shape index (κ3) is 1.96. The highest BCUT2D eigenvalue weighted by atomic mass is 79.9. The molecule has 0 aliphatic rings. The van der Waals surface area contributed by atoms with Crippen molar-refractivity contribution in [2.24, 2.45) is 5.73 Å². The number of primary amides is 1. The molecule has 0 bridgehead atoms. The van der Waals surface area contributed by atoms with Crippen molar-refractivity contribution in [3.8, 4) is 0 Å². The summed E-state index contributed by atoms with van der Waals surface area (Å²) in [5.41, 5.74) is 9.98. The molecule has 1 aromatic heterocycles. The van der Waals surface area contributed by atoms with Crippen molar-refractivity contribution in [3.05, 3.63) is 36.9 Å².